The van der Waals surface area contributed by atoms with Gasteiger partial charge in [0.05, 0.1) is 5.56 Å². The number of hydrogen-bond acceptors (Lipinski definition) is 3. The second-order valence-electron chi connectivity index (χ2n) is 4.84. The Bertz CT molecular complexity index is 538. The first-order chi connectivity index (χ1) is 10.5. The maximum Gasteiger partial charge on any atom is 0.416 e. The molecular weight excluding hydrogens is 297 g/mol. The fourth-order valence-corrected chi connectivity index (χ4v) is 2.06. The van der Waals surface area contributed by atoms with E-state index in [1.807, 2.05) is 0 Å². The Morgan fingerprint density at radius 2 is 2.05 bits per heavy atom. The molecule has 1 saturated heterocycles. The quantitative estimate of drug-likeness (QED) is 0.933. The summed E-state index contributed by atoms with van der Waals surface area (Å²) in [5, 5.41) is 3.12. The molecule has 7 heteroatoms. The van der Waals surface area contributed by atoms with Crippen LogP contribution in [0, 0.1) is 0 Å². The van der Waals surface area contributed by atoms with E-state index in [4.69, 9.17) is 4.74 Å². The third-order valence-corrected chi connectivity index (χ3v) is 3.20. The summed E-state index contributed by atoms with van der Waals surface area (Å²) in [6.45, 7) is 2.68. The van der Waals surface area contributed by atoms with Crippen molar-refractivity contribution in [1.29, 1.82) is 0 Å². The summed E-state index contributed by atoms with van der Waals surface area (Å²) >= 11 is 0. The lowest BCUT2D eigenvalue weighted by Crippen LogP contribution is -2.46. The Morgan fingerprint density at radius 1 is 1.32 bits per heavy atom. The number of rotatable bonds is 3. The van der Waals surface area contributed by atoms with Crippen LogP contribution in [-0.2, 0) is 10.9 Å². The van der Waals surface area contributed by atoms with Crippen molar-refractivity contribution in [3.05, 3.63) is 41.5 Å². The van der Waals surface area contributed by atoms with Crippen LogP contribution in [0.3, 0.4) is 0 Å². The fourth-order valence-electron chi connectivity index (χ4n) is 2.06. The second-order valence-corrected chi connectivity index (χ2v) is 4.84. The Morgan fingerprint density at radius 3 is 2.73 bits per heavy atom. The molecule has 0 bridgehead atoms. The lowest BCUT2D eigenvalue weighted by Gasteiger charge is -2.26. The van der Waals surface area contributed by atoms with Gasteiger partial charge in [-0.2, -0.15) is 13.2 Å². The van der Waals surface area contributed by atoms with E-state index in [9.17, 15) is 18.0 Å². The molecule has 0 saturated carbocycles. The minimum Gasteiger partial charge on any atom is -0.445 e. The standard InChI is InChI=1S/C15H17F3N2O2/c16-15(17,18)13-5-1-3-12(11-13)4-2-10-22-14(21)20-8-6-19-7-9-20/h1-5,11,19H,6-10H2. The summed E-state index contributed by atoms with van der Waals surface area (Å²) in [7, 11) is 0. The van der Waals surface area contributed by atoms with Crippen molar-refractivity contribution >= 4 is 12.2 Å². The zero-order chi connectivity index (χ0) is 16.0. The van der Waals surface area contributed by atoms with E-state index >= 15 is 0 Å². The Labute approximate surface area is 126 Å². The molecule has 1 aromatic carbocycles. The number of nitrogens with one attached hydrogen (secondary N) is 1. The Hall–Kier alpha value is -2.02. The molecule has 0 unspecified atom stereocenters. The fraction of sp³-hybridized carbons (Fsp3) is 0.400. The van der Waals surface area contributed by atoms with Crippen LogP contribution in [0.1, 0.15) is 11.1 Å². The molecule has 1 aliphatic rings. The van der Waals surface area contributed by atoms with E-state index in [1.165, 1.54) is 18.2 Å². The first kappa shape index (κ1) is 16.4. The highest BCUT2D eigenvalue weighted by molar-refractivity contribution is 5.68. The molecule has 0 aromatic heterocycles. The van der Waals surface area contributed by atoms with Crippen LogP contribution in [0.15, 0.2) is 30.3 Å². The average molecular weight is 314 g/mol. The summed E-state index contributed by atoms with van der Waals surface area (Å²) in [6, 6.07) is 4.97. The molecule has 0 atom stereocenters. The van der Waals surface area contributed by atoms with Crippen LogP contribution >= 0.6 is 0 Å². The number of carbonyl (C=O) groups is 1. The van der Waals surface area contributed by atoms with E-state index in [-0.39, 0.29) is 6.61 Å². The molecule has 0 aliphatic carbocycles. The predicted molar refractivity (Wildman–Crippen MR) is 76.3 cm³/mol. The topological polar surface area (TPSA) is 41.6 Å². The number of piperazine rings is 1. The van der Waals surface area contributed by atoms with E-state index in [0.29, 0.717) is 18.7 Å². The molecule has 0 spiro atoms. The van der Waals surface area contributed by atoms with Crippen molar-refractivity contribution in [1.82, 2.24) is 10.2 Å². The normalized spacial score (nSPS) is 16.0. The van der Waals surface area contributed by atoms with Crippen molar-refractivity contribution in [3.63, 3.8) is 0 Å². The number of benzene rings is 1. The van der Waals surface area contributed by atoms with Crippen molar-refractivity contribution in [3.8, 4) is 0 Å². The van der Waals surface area contributed by atoms with Crippen molar-refractivity contribution in [2.45, 2.75) is 6.18 Å². The molecule has 1 N–H and O–H groups in total. The highest BCUT2D eigenvalue weighted by atomic mass is 19.4. The first-order valence-electron chi connectivity index (χ1n) is 6.93. The van der Waals surface area contributed by atoms with Gasteiger partial charge in [-0.05, 0) is 23.8 Å². The van der Waals surface area contributed by atoms with Gasteiger partial charge in [-0.3, -0.25) is 0 Å². The molecule has 4 nitrogen and oxygen atoms in total. The maximum atomic E-state index is 12.6. The lowest BCUT2D eigenvalue weighted by atomic mass is 10.1. The number of amides is 1. The lowest BCUT2D eigenvalue weighted by molar-refractivity contribution is -0.137. The van der Waals surface area contributed by atoms with Gasteiger partial charge in [-0.15, -0.1) is 0 Å². The maximum absolute atomic E-state index is 12.6. The second kappa shape index (κ2) is 7.31. The third kappa shape index (κ3) is 4.77. The van der Waals surface area contributed by atoms with Gasteiger partial charge >= 0.3 is 12.3 Å². The summed E-state index contributed by atoms with van der Waals surface area (Å²) in [5.74, 6) is 0. The van der Waals surface area contributed by atoms with Crippen molar-refractivity contribution in [2.24, 2.45) is 0 Å². The summed E-state index contributed by atoms with van der Waals surface area (Å²) in [5.41, 5.74) is -0.291. The van der Waals surface area contributed by atoms with Gasteiger partial charge < -0.3 is 15.0 Å². The summed E-state index contributed by atoms with van der Waals surface area (Å²) < 4.78 is 42.7. The van der Waals surface area contributed by atoms with E-state index < -0.39 is 17.8 Å². The number of ether oxygens (including phenoxy) is 1. The molecular formula is C15H17F3N2O2. The summed E-state index contributed by atoms with van der Waals surface area (Å²) in [4.78, 5) is 13.3. The minimum absolute atomic E-state index is 0.0268. The van der Waals surface area contributed by atoms with Gasteiger partial charge in [-0.25, -0.2) is 4.79 Å². The highest BCUT2D eigenvalue weighted by Crippen LogP contribution is 2.29. The van der Waals surface area contributed by atoms with Gasteiger partial charge in [-0.1, -0.05) is 18.2 Å². The number of halogens is 3. The van der Waals surface area contributed by atoms with Gasteiger partial charge in [0.1, 0.15) is 6.61 Å². The van der Waals surface area contributed by atoms with Crippen molar-refractivity contribution < 1.29 is 22.7 Å². The molecule has 1 heterocycles. The number of carbonyl (C=O) groups excluding carboxylic acids is 1. The molecule has 1 fully saturated rings. The highest BCUT2D eigenvalue weighted by Gasteiger charge is 2.30. The van der Waals surface area contributed by atoms with Crippen molar-refractivity contribution in [2.75, 3.05) is 32.8 Å². The van der Waals surface area contributed by atoms with E-state index in [0.717, 1.165) is 25.2 Å². The molecule has 0 radical (unpaired) electrons. The zero-order valence-corrected chi connectivity index (χ0v) is 11.9. The largest absolute Gasteiger partial charge is 0.445 e. The van der Waals surface area contributed by atoms with Crippen LogP contribution in [0.2, 0.25) is 0 Å². The van der Waals surface area contributed by atoms with Gasteiger partial charge in [0.15, 0.2) is 0 Å². The van der Waals surface area contributed by atoms with Crippen LogP contribution < -0.4 is 5.32 Å². The monoisotopic (exact) mass is 314 g/mol. The number of nitrogens with zero attached hydrogens (tertiary/aromatic N) is 1. The van der Waals surface area contributed by atoms with Gasteiger partial charge in [0, 0.05) is 26.2 Å². The molecule has 22 heavy (non-hydrogen) atoms. The molecule has 1 aliphatic heterocycles. The van der Waals surface area contributed by atoms with Crippen LogP contribution in [0.5, 0.6) is 0 Å². The average Bonchev–Trinajstić information content (AvgIpc) is 2.52. The van der Waals surface area contributed by atoms with E-state index in [1.54, 1.807) is 11.0 Å². The number of hydrogen-bond donors (Lipinski definition) is 1. The minimum atomic E-state index is -4.36. The number of alkyl halides is 3. The van der Waals surface area contributed by atoms with Gasteiger partial charge in [0.2, 0.25) is 0 Å². The zero-order valence-electron chi connectivity index (χ0n) is 11.9. The molecule has 1 amide bonds. The van der Waals surface area contributed by atoms with Crippen LogP contribution in [0.4, 0.5) is 18.0 Å². The Kier molecular flexibility index (Phi) is 5.43. The van der Waals surface area contributed by atoms with Gasteiger partial charge in [0.25, 0.3) is 0 Å². The molecule has 2 rings (SSSR count). The molecule has 120 valence electrons. The first-order valence-corrected chi connectivity index (χ1v) is 6.93. The summed E-state index contributed by atoms with van der Waals surface area (Å²) in [6.07, 6.45) is -1.75. The van der Waals surface area contributed by atoms with Crippen LogP contribution in [-0.4, -0.2) is 43.8 Å². The smallest absolute Gasteiger partial charge is 0.416 e. The van der Waals surface area contributed by atoms with E-state index in [2.05, 4.69) is 5.32 Å². The third-order valence-electron chi connectivity index (χ3n) is 3.20. The van der Waals surface area contributed by atoms with Crippen LogP contribution in [0.25, 0.3) is 6.08 Å². The Balaban J connectivity index is 1.83. The predicted octanol–water partition coefficient (Wildman–Crippen LogP) is 2.76. The molecule has 1 aromatic rings. The SMILES string of the molecule is O=C(OCC=Cc1cccc(C(F)(F)F)c1)N1CCNCC1.